The molecule has 3 aromatic rings. The van der Waals surface area contributed by atoms with Gasteiger partial charge >= 0.3 is 0 Å². The van der Waals surface area contributed by atoms with E-state index in [9.17, 15) is 9.18 Å². The van der Waals surface area contributed by atoms with Gasteiger partial charge in [0.2, 0.25) is 0 Å². The molecule has 2 aromatic heterocycles. The van der Waals surface area contributed by atoms with E-state index in [2.05, 4.69) is 14.9 Å². The number of hydrogen-bond acceptors (Lipinski definition) is 7. The summed E-state index contributed by atoms with van der Waals surface area (Å²) in [6.07, 6.45) is 5.42. The minimum atomic E-state index is -0.456. The number of nitrogens with zero attached hydrogens (tertiary/aromatic N) is 3. The lowest BCUT2D eigenvalue weighted by Gasteiger charge is -2.33. The van der Waals surface area contributed by atoms with Gasteiger partial charge in [-0.2, -0.15) is 0 Å². The fraction of sp³-hybridized carbons (Fsp3) is 0.346. The number of benzene rings is 1. The Labute approximate surface area is 199 Å². The number of carbonyl (C=O) groups is 1. The maximum Gasteiger partial charge on any atom is 0.187 e. The molecule has 7 nitrogen and oxygen atoms in total. The minimum absolute atomic E-state index is 0.0574. The molecule has 0 saturated carbocycles. The fourth-order valence-corrected chi connectivity index (χ4v) is 4.24. The number of anilines is 2. The first-order valence-electron chi connectivity index (χ1n) is 11.5. The smallest absolute Gasteiger partial charge is 0.187 e. The zero-order chi connectivity index (χ0) is 24.2. The van der Waals surface area contributed by atoms with Crippen LogP contribution in [-0.4, -0.2) is 41.0 Å². The number of piperidine rings is 1. The van der Waals surface area contributed by atoms with Crippen LogP contribution in [-0.2, 0) is 6.42 Å². The van der Waals surface area contributed by atoms with Gasteiger partial charge in [0.1, 0.15) is 17.3 Å². The standard InChI is InChI=1S/C26H30FN5O2/c1-16(2)34-19-5-6-21(27)20(13-19)23-8-7-22(29)26(31-23)25(33)12-17-14-30-10-9-24(17)32-11-3-4-18(28)15-32/h5-10,13-14,16,18H,3-4,11-12,15,28-29H2,1-2H3/t18-/m0/s1. The van der Waals surface area contributed by atoms with E-state index < -0.39 is 5.82 Å². The van der Waals surface area contributed by atoms with Gasteiger partial charge < -0.3 is 21.1 Å². The monoisotopic (exact) mass is 463 g/mol. The van der Waals surface area contributed by atoms with Crippen molar-refractivity contribution in [3.05, 3.63) is 65.9 Å². The van der Waals surface area contributed by atoms with Gasteiger partial charge in [-0.15, -0.1) is 0 Å². The van der Waals surface area contributed by atoms with E-state index in [4.69, 9.17) is 16.2 Å². The Hall–Kier alpha value is -3.52. The average Bonchev–Trinajstić information content (AvgIpc) is 2.81. The van der Waals surface area contributed by atoms with E-state index in [1.807, 2.05) is 19.9 Å². The number of hydrogen-bond donors (Lipinski definition) is 2. The molecule has 1 fully saturated rings. The van der Waals surface area contributed by atoms with Crippen LogP contribution in [0.1, 0.15) is 42.7 Å². The second kappa shape index (κ2) is 10.2. The molecule has 0 aliphatic carbocycles. The summed E-state index contributed by atoms with van der Waals surface area (Å²) >= 11 is 0. The van der Waals surface area contributed by atoms with Gasteiger partial charge in [-0.1, -0.05) is 0 Å². The van der Waals surface area contributed by atoms with Crippen molar-refractivity contribution in [1.29, 1.82) is 0 Å². The summed E-state index contributed by atoms with van der Waals surface area (Å²) in [7, 11) is 0. The summed E-state index contributed by atoms with van der Waals surface area (Å²) in [5.41, 5.74) is 14.9. The lowest BCUT2D eigenvalue weighted by atomic mass is 10.0. The molecule has 178 valence electrons. The van der Waals surface area contributed by atoms with Gasteiger partial charge in [0.25, 0.3) is 0 Å². The largest absolute Gasteiger partial charge is 0.491 e. The van der Waals surface area contributed by atoms with Gasteiger partial charge in [0.05, 0.1) is 17.5 Å². The van der Waals surface area contributed by atoms with Crippen LogP contribution in [0.2, 0.25) is 0 Å². The zero-order valence-corrected chi connectivity index (χ0v) is 19.5. The third-order valence-corrected chi connectivity index (χ3v) is 5.80. The molecule has 1 atom stereocenters. The highest BCUT2D eigenvalue weighted by Crippen LogP contribution is 2.29. The van der Waals surface area contributed by atoms with E-state index in [0.29, 0.717) is 11.4 Å². The Kier molecular flexibility index (Phi) is 7.07. The van der Waals surface area contributed by atoms with Crippen molar-refractivity contribution in [2.75, 3.05) is 23.7 Å². The predicted molar refractivity (Wildman–Crippen MR) is 132 cm³/mol. The van der Waals surface area contributed by atoms with Crippen LogP contribution in [0, 0.1) is 5.82 Å². The number of carbonyl (C=O) groups excluding carboxylic acids is 1. The van der Waals surface area contributed by atoms with E-state index in [-0.39, 0.29) is 41.3 Å². The quantitative estimate of drug-likeness (QED) is 0.510. The third kappa shape index (κ3) is 5.34. The molecule has 1 aliphatic rings. The Morgan fingerprint density at radius 3 is 2.85 bits per heavy atom. The van der Waals surface area contributed by atoms with Crippen LogP contribution in [0.25, 0.3) is 11.3 Å². The number of nitrogens with two attached hydrogens (primary N) is 2. The lowest BCUT2D eigenvalue weighted by molar-refractivity contribution is 0.0989. The maximum atomic E-state index is 14.6. The summed E-state index contributed by atoms with van der Waals surface area (Å²) in [4.78, 5) is 24.1. The summed E-state index contributed by atoms with van der Waals surface area (Å²) in [5, 5.41) is 0. The van der Waals surface area contributed by atoms with Gasteiger partial charge in [0, 0.05) is 54.8 Å². The molecule has 8 heteroatoms. The molecule has 0 spiro atoms. The van der Waals surface area contributed by atoms with Crippen molar-refractivity contribution < 1.29 is 13.9 Å². The van der Waals surface area contributed by atoms with Crippen LogP contribution in [0.15, 0.2) is 48.8 Å². The molecule has 0 amide bonds. The highest BCUT2D eigenvalue weighted by Gasteiger charge is 2.22. The number of pyridine rings is 2. The fourth-order valence-electron chi connectivity index (χ4n) is 4.24. The number of ketones is 1. The topological polar surface area (TPSA) is 107 Å². The number of nitrogen functional groups attached to an aromatic ring is 1. The third-order valence-electron chi connectivity index (χ3n) is 5.80. The minimum Gasteiger partial charge on any atom is -0.491 e. The molecule has 0 bridgehead atoms. The molecule has 0 unspecified atom stereocenters. The summed E-state index contributed by atoms with van der Waals surface area (Å²) < 4.78 is 20.3. The van der Waals surface area contributed by atoms with Crippen molar-refractivity contribution in [2.24, 2.45) is 5.73 Å². The summed E-state index contributed by atoms with van der Waals surface area (Å²) in [6, 6.07) is 9.68. The molecular formula is C26H30FN5O2. The van der Waals surface area contributed by atoms with Crippen molar-refractivity contribution in [3.8, 4) is 17.0 Å². The van der Waals surface area contributed by atoms with E-state index in [0.717, 1.165) is 37.2 Å². The van der Waals surface area contributed by atoms with Gasteiger partial charge in [0.15, 0.2) is 5.78 Å². The Morgan fingerprint density at radius 1 is 1.26 bits per heavy atom. The molecule has 1 aliphatic heterocycles. The SMILES string of the molecule is CC(C)Oc1ccc(F)c(-c2ccc(N)c(C(=O)Cc3cnccc3N3CCC[C@H](N)C3)n2)c1. The zero-order valence-electron chi connectivity index (χ0n) is 19.5. The van der Waals surface area contributed by atoms with Crippen LogP contribution >= 0.6 is 0 Å². The molecule has 3 heterocycles. The highest BCUT2D eigenvalue weighted by molar-refractivity contribution is 6.01. The molecule has 34 heavy (non-hydrogen) atoms. The maximum absolute atomic E-state index is 14.6. The molecule has 4 N–H and O–H groups in total. The van der Waals surface area contributed by atoms with Crippen LogP contribution in [0.3, 0.4) is 0 Å². The summed E-state index contributed by atoms with van der Waals surface area (Å²) in [6.45, 7) is 5.40. The second-order valence-electron chi connectivity index (χ2n) is 8.90. The van der Waals surface area contributed by atoms with Crippen LogP contribution in [0.4, 0.5) is 15.8 Å². The predicted octanol–water partition coefficient (Wildman–Crippen LogP) is 4.01. The summed E-state index contributed by atoms with van der Waals surface area (Å²) in [5.74, 6) is -0.190. The lowest BCUT2D eigenvalue weighted by Crippen LogP contribution is -2.43. The van der Waals surface area contributed by atoms with Gasteiger partial charge in [-0.25, -0.2) is 9.37 Å². The molecule has 1 saturated heterocycles. The normalized spacial score (nSPS) is 16.0. The molecule has 1 aromatic carbocycles. The molecule has 4 rings (SSSR count). The average molecular weight is 464 g/mol. The van der Waals surface area contributed by atoms with Crippen molar-refractivity contribution in [3.63, 3.8) is 0 Å². The number of ether oxygens (including phenoxy) is 1. The first-order chi connectivity index (χ1) is 16.3. The van der Waals surface area contributed by atoms with Crippen LogP contribution in [0.5, 0.6) is 5.75 Å². The first kappa shape index (κ1) is 23.6. The van der Waals surface area contributed by atoms with E-state index in [1.54, 1.807) is 36.7 Å². The second-order valence-corrected chi connectivity index (χ2v) is 8.90. The van der Waals surface area contributed by atoms with Crippen molar-refractivity contribution >= 4 is 17.2 Å². The Morgan fingerprint density at radius 2 is 2.09 bits per heavy atom. The van der Waals surface area contributed by atoms with Crippen molar-refractivity contribution in [1.82, 2.24) is 9.97 Å². The Balaban J connectivity index is 1.62. The van der Waals surface area contributed by atoms with Crippen molar-refractivity contribution in [2.45, 2.75) is 45.3 Å². The highest BCUT2D eigenvalue weighted by atomic mass is 19.1. The number of aromatic nitrogens is 2. The Bertz CT molecular complexity index is 1180. The molecule has 0 radical (unpaired) electrons. The van der Waals surface area contributed by atoms with Crippen LogP contribution < -0.4 is 21.1 Å². The molecular weight excluding hydrogens is 433 g/mol. The van der Waals surface area contributed by atoms with E-state index in [1.165, 1.54) is 6.07 Å². The van der Waals surface area contributed by atoms with E-state index >= 15 is 0 Å². The number of Topliss-reactive ketones (excluding diaryl/α,β-unsaturated/α-hetero) is 1. The number of halogens is 1. The van der Waals surface area contributed by atoms with Gasteiger partial charge in [-0.3, -0.25) is 9.78 Å². The number of rotatable bonds is 7. The first-order valence-corrected chi connectivity index (χ1v) is 11.5. The van der Waals surface area contributed by atoms with Gasteiger partial charge in [-0.05, 0) is 63.1 Å².